The second-order valence-corrected chi connectivity index (χ2v) is 5.33. The van der Waals surface area contributed by atoms with Gasteiger partial charge in [0.15, 0.2) is 5.96 Å². The Balaban J connectivity index is 0.00000324. The molecule has 7 heteroatoms. The SMILES string of the molecule is CN=C(NCCSC)NCC1(OC)CCOCC1.I. The van der Waals surface area contributed by atoms with Crippen LogP contribution < -0.4 is 10.6 Å². The van der Waals surface area contributed by atoms with Crippen LogP contribution >= 0.6 is 35.7 Å². The number of rotatable bonds is 6. The van der Waals surface area contributed by atoms with E-state index in [1.165, 1.54) is 0 Å². The lowest BCUT2D eigenvalue weighted by molar-refractivity contribution is -0.0855. The summed E-state index contributed by atoms with van der Waals surface area (Å²) < 4.78 is 11.1. The second-order valence-electron chi connectivity index (χ2n) is 4.34. The quantitative estimate of drug-likeness (QED) is 0.303. The van der Waals surface area contributed by atoms with E-state index in [0.717, 1.165) is 50.9 Å². The molecule has 1 heterocycles. The summed E-state index contributed by atoms with van der Waals surface area (Å²) in [5, 5.41) is 6.62. The van der Waals surface area contributed by atoms with Crippen LogP contribution in [0.2, 0.25) is 0 Å². The molecule has 1 aliphatic heterocycles. The van der Waals surface area contributed by atoms with Crippen molar-refractivity contribution in [1.82, 2.24) is 10.6 Å². The maximum absolute atomic E-state index is 5.67. The number of ether oxygens (including phenoxy) is 2. The maximum atomic E-state index is 5.67. The molecule has 1 fully saturated rings. The van der Waals surface area contributed by atoms with Crippen LogP contribution in [0, 0.1) is 0 Å². The van der Waals surface area contributed by atoms with E-state index in [2.05, 4.69) is 21.9 Å². The van der Waals surface area contributed by atoms with Crippen LogP contribution in [0.15, 0.2) is 4.99 Å². The Morgan fingerprint density at radius 2 is 2.05 bits per heavy atom. The Bertz CT molecular complexity index is 261. The molecule has 0 aliphatic carbocycles. The third-order valence-corrected chi connectivity index (χ3v) is 3.85. The summed E-state index contributed by atoms with van der Waals surface area (Å²) in [5.41, 5.74) is -0.116. The topological polar surface area (TPSA) is 54.9 Å². The van der Waals surface area contributed by atoms with Crippen LogP contribution in [0.4, 0.5) is 0 Å². The van der Waals surface area contributed by atoms with Crippen LogP contribution in [0.25, 0.3) is 0 Å². The Kier molecular flexibility index (Phi) is 11.1. The van der Waals surface area contributed by atoms with E-state index in [1.54, 1.807) is 14.2 Å². The van der Waals surface area contributed by atoms with E-state index < -0.39 is 0 Å². The predicted octanol–water partition coefficient (Wildman–Crippen LogP) is 1.33. The number of aliphatic imine (C=N–C) groups is 1. The van der Waals surface area contributed by atoms with Crippen molar-refractivity contribution >= 4 is 41.7 Å². The molecule has 0 amide bonds. The normalized spacial score (nSPS) is 18.6. The van der Waals surface area contributed by atoms with Crippen LogP contribution in [0.5, 0.6) is 0 Å². The zero-order valence-corrected chi connectivity index (χ0v) is 15.2. The lowest BCUT2D eigenvalue weighted by Gasteiger charge is -2.36. The minimum Gasteiger partial charge on any atom is -0.381 e. The van der Waals surface area contributed by atoms with Crippen LogP contribution in [0.1, 0.15) is 12.8 Å². The van der Waals surface area contributed by atoms with E-state index in [9.17, 15) is 0 Å². The van der Waals surface area contributed by atoms with E-state index in [4.69, 9.17) is 9.47 Å². The molecular weight excluding hydrogens is 377 g/mol. The predicted molar refractivity (Wildman–Crippen MR) is 93.0 cm³/mol. The van der Waals surface area contributed by atoms with Gasteiger partial charge in [-0.2, -0.15) is 11.8 Å². The average Bonchev–Trinajstić information content (AvgIpc) is 2.43. The van der Waals surface area contributed by atoms with E-state index in [0.29, 0.717) is 0 Å². The number of methoxy groups -OCH3 is 1. The number of guanidine groups is 1. The number of hydrogen-bond acceptors (Lipinski definition) is 4. The summed E-state index contributed by atoms with van der Waals surface area (Å²) in [6.45, 7) is 3.23. The molecule has 2 N–H and O–H groups in total. The summed E-state index contributed by atoms with van der Waals surface area (Å²) in [6.07, 6.45) is 3.95. The lowest BCUT2D eigenvalue weighted by Crippen LogP contribution is -2.51. The van der Waals surface area contributed by atoms with Crippen molar-refractivity contribution in [2.45, 2.75) is 18.4 Å². The van der Waals surface area contributed by atoms with Crippen molar-refractivity contribution in [3.63, 3.8) is 0 Å². The Labute approximate surface area is 137 Å². The second kappa shape index (κ2) is 11.0. The largest absolute Gasteiger partial charge is 0.381 e. The van der Waals surface area contributed by atoms with Gasteiger partial charge in [-0.1, -0.05) is 0 Å². The van der Waals surface area contributed by atoms with Gasteiger partial charge in [-0.15, -0.1) is 24.0 Å². The molecule has 1 saturated heterocycles. The molecule has 114 valence electrons. The minimum atomic E-state index is -0.116. The van der Waals surface area contributed by atoms with Gasteiger partial charge in [0, 0.05) is 59.1 Å². The smallest absolute Gasteiger partial charge is 0.191 e. The highest BCUT2D eigenvalue weighted by Crippen LogP contribution is 2.23. The fraction of sp³-hybridized carbons (Fsp3) is 0.917. The highest BCUT2D eigenvalue weighted by Gasteiger charge is 2.32. The molecule has 1 rings (SSSR count). The Morgan fingerprint density at radius 1 is 1.37 bits per heavy atom. The monoisotopic (exact) mass is 403 g/mol. The first-order valence-corrected chi connectivity index (χ1v) is 7.72. The van der Waals surface area contributed by atoms with Crippen molar-refractivity contribution < 1.29 is 9.47 Å². The molecule has 0 saturated carbocycles. The molecule has 0 bridgehead atoms. The lowest BCUT2D eigenvalue weighted by atomic mass is 9.94. The van der Waals surface area contributed by atoms with Crippen molar-refractivity contribution in [3.05, 3.63) is 0 Å². The first kappa shape index (κ1) is 19.3. The Morgan fingerprint density at radius 3 is 2.58 bits per heavy atom. The van der Waals surface area contributed by atoms with Crippen molar-refractivity contribution in [1.29, 1.82) is 0 Å². The number of hydrogen-bond donors (Lipinski definition) is 2. The first-order chi connectivity index (χ1) is 8.76. The van der Waals surface area contributed by atoms with Crippen LogP contribution in [-0.2, 0) is 9.47 Å². The summed E-state index contributed by atoms with van der Waals surface area (Å²) in [6, 6.07) is 0. The summed E-state index contributed by atoms with van der Waals surface area (Å²) >= 11 is 1.82. The van der Waals surface area contributed by atoms with Gasteiger partial charge < -0.3 is 20.1 Å². The molecule has 5 nitrogen and oxygen atoms in total. The third-order valence-electron chi connectivity index (χ3n) is 3.24. The Hall–Kier alpha value is 0.270. The zero-order chi connectivity index (χ0) is 13.3. The highest BCUT2D eigenvalue weighted by molar-refractivity contribution is 14.0. The van der Waals surface area contributed by atoms with Gasteiger partial charge >= 0.3 is 0 Å². The van der Waals surface area contributed by atoms with Gasteiger partial charge in [0.05, 0.1) is 5.60 Å². The number of nitrogens with zero attached hydrogens (tertiary/aromatic N) is 1. The highest BCUT2D eigenvalue weighted by atomic mass is 127. The summed E-state index contributed by atoms with van der Waals surface area (Å²) in [4.78, 5) is 4.21. The number of halogens is 1. The molecule has 0 atom stereocenters. The number of nitrogens with one attached hydrogen (secondary N) is 2. The minimum absolute atomic E-state index is 0. The molecule has 0 aromatic heterocycles. The van der Waals surface area contributed by atoms with Gasteiger partial charge in [-0.05, 0) is 6.26 Å². The fourth-order valence-electron chi connectivity index (χ4n) is 1.93. The van der Waals surface area contributed by atoms with Crippen molar-refractivity contribution in [3.8, 4) is 0 Å². The van der Waals surface area contributed by atoms with Crippen LogP contribution in [0.3, 0.4) is 0 Å². The average molecular weight is 403 g/mol. The van der Waals surface area contributed by atoms with Gasteiger partial charge in [0.25, 0.3) is 0 Å². The molecule has 0 spiro atoms. The van der Waals surface area contributed by atoms with E-state index in [-0.39, 0.29) is 29.6 Å². The van der Waals surface area contributed by atoms with E-state index in [1.807, 2.05) is 11.8 Å². The third kappa shape index (κ3) is 7.01. The molecule has 1 aliphatic rings. The van der Waals surface area contributed by atoms with E-state index >= 15 is 0 Å². The first-order valence-electron chi connectivity index (χ1n) is 6.33. The van der Waals surface area contributed by atoms with Crippen LogP contribution in [-0.4, -0.2) is 64.0 Å². The van der Waals surface area contributed by atoms with Crippen molar-refractivity contribution in [2.24, 2.45) is 4.99 Å². The maximum Gasteiger partial charge on any atom is 0.191 e. The van der Waals surface area contributed by atoms with Gasteiger partial charge in [0.2, 0.25) is 0 Å². The summed E-state index contributed by atoms with van der Waals surface area (Å²) in [7, 11) is 3.56. The van der Waals surface area contributed by atoms with Gasteiger partial charge in [-0.25, -0.2) is 0 Å². The van der Waals surface area contributed by atoms with Gasteiger partial charge in [0.1, 0.15) is 0 Å². The zero-order valence-electron chi connectivity index (χ0n) is 12.0. The molecule has 0 aromatic carbocycles. The van der Waals surface area contributed by atoms with Crippen molar-refractivity contribution in [2.75, 3.05) is 52.5 Å². The molecule has 0 radical (unpaired) electrons. The number of thioether (sulfide) groups is 1. The van der Waals surface area contributed by atoms with Gasteiger partial charge in [-0.3, -0.25) is 4.99 Å². The molecular formula is C12H26IN3O2S. The standard InChI is InChI=1S/C12H25N3O2S.HI/c1-13-11(14-6-9-18-3)15-10-12(16-2)4-7-17-8-5-12;/h4-10H2,1-3H3,(H2,13,14,15);1H. The fourth-order valence-corrected chi connectivity index (χ4v) is 2.24. The molecule has 0 aromatic rings. The molecule has 0 unspecified atom stereocenters. The molecule has 19 heavy (non-hydrogen) atoms. The summed E-state index contributed by atoms with van der Waals surface area (Å²) in [5.74, 6) is 1.91.